The number of hydrogen-bond acceptors (Lipinski definition) is 3. The van der Waals surface area contributed by atoms with Crippen molar-refractivity contribution in [1.29, 1.82) is 0 Å². The molecule has 0 aromatic carbocycles. The SMILES string of the molecule is C[SiH](F)N1[Si](C)(C)N[Si](C)(C)N([SiH](C)F)[Si]1(C)C. The molecule has 3 nitrogen and oxygen atoms in total. The van der Waals surface area contributed by atoms with Crippen molar-refractivity contribution in [2.24, 2.45) is 0 Å². The van der Waals surface area contributed by atoms with Gasteiger partial charge in [0.05, 0.1) is 0 Å². The van der Waals surface area contributed by atoms with Gasteiger partial charge in [-0.3, -0.25) is 8.22 Å². The first-order valence-corrected chi connectivity index (χ1v) is 19.5. The van der Waals surface area contributed by atoms with Crippen LogP contribution < -0.4 is 4.65 Å². The Morgan fingerprint density at radius 3 is 1.28 bits per heavy atom. The molecule has 2 atom stereocenters. The second-order valence-corrected chi connectivity index (χ2v) is 25.1. The van der Waals surface area contributed by atoms with E-state index in [0.29, 0.717) is 0 Å². The zero-order valence-corrected chi connectivity index (χ0v) is 18.1. The van der Waals surface area contributed by atoms with Crippen LogP contribution in [0, 0.1) is 0 Å². The first-order chi connectivity index (χ1) is 7.84. The van der Waals surface area contributed by atoms with Crippen LogP contribution in [0.2, 0.25) is 52.4 Å². The van der Waals surface area contributed by atoms with Crippen LogP contribution in [-0.4, -0.2) is 51.6 Å². The third kappa shape index (κ3) is 2.80. The summed E-state index contributed by atoms with van der Waals surface area (Å²) in [5.41, 5.74) is 0. The van der Waals surface area contributed by atoms with E-state index in [1.165, 1.54) is 0 Å². The summed E-state index contributed by atoms with van der Waals surface area (Å²) in [7, 11) is -10.8. The summed E-state index contributed by atoms with van der Waals surface area (Å²) in [6.45, 7) is 16.5. The zero-order chi connectivity index (χ0) is 14.5. The fraction of sp³-hybridized carbons (Fsp3) is 1.00. The minimum absolute atomic E-state index is 1.73. The van der Waals surface area contributed by atoms with Crippen LogP contribution >= 0.6 is 0 Å². The highest BCUT2D eigenvalue weighted by Gasteiger charge is 2.59. The van der Waals surface area contributed by atoms with Gasteiger partial charge in [-0.05, 0) is 52.4 Å². The largest absolute Gasteiger partial charge is 0.337 e. The van der Waals surface area contributed by atoms with E-state index >= 15 is 0 Å². The quantitative estimate of drug-likeness (QED) is 0.610. The molecule has 0 spiro atoms. The molecule has 1 saturated heterocycles. The van der Waals surface area contributed by atoms with Gasteiger partial charge >= 0.3 is 0 Å². The molecule has 1 aliphatic rings. The van der Waals surface area contributed by atoms with Crippen molar-refractivity contribution < 1.29 is 8.22 Å². The predicted octanol–water partition coefficient (Wildman–Crippen LogP) is 1.94. The van der Waals surface area contributed by atoms with Gasteiger partial charge in [-0.1, -0.05) is 0 Å². The Morgan fingerprint density at radius 1 is 0.778 bits per heavy atom. The lowest BCUT2D eigenvalue weighted by Gasteiger charge is -2.63. The summed E-state index contributed by atoms with van der Waals surface area (Å²) in [5, 5.41) is 0. The van der Waals surface area contributed by atoms with E-state index in [1.807, 2.05) is 0 Å². The van der Waals surface area contributed by atoms with Gasteiger partial charge in [-0.25, -0.2) is 0 Å². The van der Waals surface area contributed by atoms with Crippen molar-refractivity contribution >= 4 is 43.8 Å². The standard InChI is InChI=1S/C8H27F2N3Si5/c1-14(9)12-16(3,4)11-17(5,6)13(15(2)10)18(12,7)8/h11,14-15H,1-8H3. The van der Waals surface area contributed by atoms with Crippen LogP contribution in [-0.2, 0) is 0 Å². The van der Waals surface area contributed by atoms with Crippen molar-refractivity contribution in [3.63, 3.8) is 0 Å². The molecule has 2 unspecified atom stereocenters. The average molecular weight is 344 g/mol. The van der Waals surface area contributed by atoms with E-state index in [-0.39, 0.29) is 0 Å². The summed E-state index contributed by atoms with van der Waals surface area (Å²) in [6, 6.07) is 0. The molecule has 0 bridgehead atoms. The molecular weight excluding hydrogens is 317 g/mol. The highest BCUT2D eigenvalue weighted by Crippen LogP contribution is 2.33. The topological polar surface area (TPSA) is 18.5 Å². The maximum atomic E-state index is 14.2. The van der Waals surface area contributed by atoms with Crippen LogP contribution in [0.3, 0.4) is 0 Å². The Morgan fingerprint density at radius 2 is 1.06 bits per heavy atom. The lowest BCUT2D eigenvalue weighted by molar-refractivity contribution is 0.627. The van der Waals surface area contributed by atoms with E-state index in [2.05, 4.69) is 51.7 Å². The molecule has 0 amide bonds. The van der Waals surface area contributed by atoms with Gasteiger partial charge in [-0.2, -0.15) is 0 Å². The number of halogens is 2. The molecule has 0 saturated carbocycles. The summed E-state index contributed by atoms with van der Waals surface area (Å²) < 4.78 is 36.5. The first-order valence-electron chi connectivity index (χ1n) is 6.50. The third-order valence-corrected chi connectivity index (χ3v) is 33.4. The van der Waals surface area contributed by atoms with Crippen LogP contribution in [0.4, 0.5) is 8.22 Å². The molecule has 0 aromatic rings. The van der Waals surface area contributed by atoms with Crippen molar-refractivity contribution in [2.75, 3.05) is 0 Å². The van der Waals surface area contributed by atoms with Crippen LogP contribution in [0.15, 0.2) is 0 Å². The molecular formula is C8H27F2N3Si5. The van der Waals surface area contributed by atoms with Crippen LogP contribution in [0.1, 0.15) is 0 Å². The second kappa shape index (κ2) is 4.98. The first kappa shape index (κ1) is 16.9. The monoisotopic (exact) mass is 343 g/mol. The van der Waals surface area contributed by atoms with Crippen molar-refractivity contribution in [1.82, 2.24) is 12.4 Å². The Hall–Kier alpha value is 0.824. The highest BCUT2D eigenvalue weighted by molar-refractivity contribution is 7.12. The average Bonchev–Trinajstić information content (AvgIpc) is 1.91. The fourth-order valence-electron chi connectivity index (χ4n) is 4.11. The summed E-state index contributed by atoms with van der Waals surface area (Å²) in [6.07, 6.45) is 0. The van der Waals surface area contributed by atoms with E-state index in [9.17, 15) is 8.22 Å². The molecule has 1 fully saturated rings. The molecule has 18 heavy (non-hydrogen) atoms. The zero-order valence-electron chi connectivity index (χ0n) is 12.8. The third-order valence-electron chi connectivity index (χ3n) is 3.71. The Kier molecular flexibility index (Phi) is 4.67. The maximum Gasteiger partial charge on any atom is 0.293 e. The predicted molar refractivity (Wildman–Crippen MR) is 87.5 cm³/mol. The van der Waals surface area contributed by atoms with Gasteiger partial charge in [0.25, 0.3) is 18.6 Å². The number of rotatable bonds is 2. The molecule has 1 rings (SSSR count). The van der Waals surface area contributed by atoms with Crippen molar-refractivity contribution in [3.8, 4) is 0 Å². The van der Waals surface area contributed by atoms with E-state index in [0.717, 1.165) is 0 Å². The molecule has 1 N–H and O–H groups in total. The van der Waals surface area contributed by atoms with E-state index in [1.54, 1.807) is 13.1 Å². The number of hydrogen-bond donors (Lipinski definition) is 1. The van der Waals surface area contributed by atoms with Gasteiger partial charge < -0.3 is 12.4 Å². The van der Waals surface area contributed by atoms with E-state index in [4.69, 9.17) is 0 Å². The van der Waals surface area contributed by atoms with Crippen LogP contribution in [0.25, 0.3) is 0 Å². The summed E-state index contributed by atoms with van der Waals surface area (Å²) in [4.78, 5) is 0. The minimum Gasteiger partial charge on any atom is -0.337 e. The van der Waals surface area contributed by atoms with Gasteiger partial charge in [-0.15, -0.1) is 0 Å². The molecule has 10 heteroatoms. The molecule has 0 aromatic heterocycles. The summed E-state index contributed by atoms with van der Waals surface area (Å²) in [5.74, 6) is 0. The highest BCUT2D eigenvalue weighted by atomic mass is 28.5. The van der Waals surface area contributed by atoms with Gasteiger partial charge in [0.15, 0.2) is 25.2 Å². The maximum absolute atomic E-state index is 14.2. The smallest absolute Gasteiger partial charge is 0.293 e. The number of nitrogens with zero attached hydrogens (tertiary/aromatic N) is 2. The normalized spacial score (nSPS) is 31.0. The second-order valence-electron chi connectivity index (χ2n) is 6.63. The lowest BCUT2D eigenvalue weighted by Crippen LogP contribution is -2.91. The Balaban J connectivity index is 3.32. The van der Waals surface area contributed by atoms with Gasteiger partial charge in [0, 0.05) is 0 Å². The molecule has 0 aliphatic carbocycles. The van der Waals surface area contributed by atoms with Gasteiger partial charge in [0.1, 0.15) is 0 Å². The molecule has 1 aliphatic heterocycles. The Bertz CT molecular complexity index is 296. The summed E-state index contributed by atoms with van der Waals surface area (Å²) >= 11 is 0. The molecule has 1 heterocycles. The number of nitrogens with one attached hydrogen (secondary N) is 1. The van der Waals surface area contributed by atoms with Crippen LogP contribution in [0.5, 0.6) is 0 Å². The van der Waals surface area contributed by atoms with Crippen molar-refractivity contribution in [2.45, 2.75) is 52.4 Å². The lowest BCUT2D eigenvalue weighted by atomic mass is 11.9. The fourth-order valence-corrected chi connectivity index (χ4v) is 41.3. The van der Waals surface area contributed by atoms with Crippen molar-refractivity contribution in [3.05, 3.63) is 0 Å². The van der Waals surface area contributed by atoms with Gasteiger partial charge in [0.2, 0.25) is 0 Å². The molecule has 0 radical (unpaired) electrons. The Labute approximate surface area is 117 Å². The minimum atomic E-state index is -2.41. The molecule has 108 valence electrons. The van der Waals surface area contributed by atoms with E-state index < -0.39 is 43.8 Å².